The number of imidazole rings is 1. The normalized spacial score (nSPS) is 17.7. The van der Waals surface area contributed by atoms with Gasteiger partial charge in [-0.15, -0.1) is 0 Å². The zero-order valence-corrected chi connectivity index (χ0v) is 13.0. The number of benzene rings is 1. The third-order valence-corrected chi connectivity index (χ3v) is 6.55. The molecule has 5 nitrogen and oxygen atoms in total. The lowest BCUT2D eigenvalue weighted by Crippen LogP contribution is -2.17. The Bertz CT molecular complexity index is 773. The lowest BCUT2D eigenvalue weighted by Gasteiger charge is -2.10. The summed E-state index contributed by atoms with van der Waals surface area (Å²) < 4.78 is 29.1. The van der Waals surface area contributed by atoms with Crippen LogP contribution in [0.2, 0.25) is 0 Å². The molecule has 7 heteroatoms. The van der Waals surface area contributed by atoms with Crippen molar-refractivity contribution < 1.29 is 8.42 Å². The summed E-state index contributed by atoms with van der Waals surface area (Å²) in [6.45, 7) is 0.961. The number of fused-ring (bicyclic) bond motifs is 1. The fraction of sp³-hybridized carbons (Fsp3) is 0.357. The van der Waals surface area contributed by atoms with Crippen LogP contribution in [0.5, 0.6) is 0 Å². The lowest BCUT2D eigenvalue weighted by atomic mass is 10.1. The summed E-state index contributed by atoms with van der Waals surface area (Å²) >= 11 is 1.73. The van der Waals surface area contributed by atoms with Crippen molar-refractivity contribution in [1.29, 1.82) is 0 Å². The number of aryl methyl sites for hydroxylation is 1. The van der Waals surface area contributed by atoms with Crippen molar-refractivity contribution in [1.82, 2.24) is 9.55 Å². The van der Waals surface area contributed by atoms with Gasteiger partial charge < -0.3 is 4.57 Å². The Hall–Kier alpha value is -1.47. The van der Waals surface area contributed by atoms with Gasteiger partial charge in [0.1, 0.15) is 0 Å². The molecule has 110 valence electrons. The second kappa shape index (κ2) is 4.78. The van der Waals surface area contributed by atoms with Crippen LogP contribution in [-0.4, -0.2) is 29.0 Å². The van der Waals surface area contributed by atoms with E-state index < -0.39 is 10.0 Å². The van der Waals surface area contributed by atoms with Crippen LogP contribution in [-0.2, 0) is 16.6 Å². The van der Waals surface area contributed by atoms with Gasteiger partial charge in [0, 0.05) is 24.1 Å². The number of para-hydroxylation sites is 1. The van der Waals surface area contributed by atoms with Gasteiger partial charge in [-0.3, -0.25) is 4.72 Å². The number of hydrogen-bond acceptors (Lipinski definition) is 4. The van der Waals surface area contributed by atoms with E-state index in [1.54, 1.807) is 17.8 Å². The minimum atomic E-state index is -3.26. The van der Waals surface area contributed by atoms with Crippen LogP contribution in [0.15, 0.2) is 35.6 Å². The molecule has 0 saturated heterocycles. The van der Waals surface area contributed by atoms with Crippen molar-refractivity contribution in [2.75, 3.05) is 10.5 Å². The molecule has 21 heavy (non-hydrogen) atoms. The average molecular weight is 321 g/mol. The molecule has 0 bridgehead atoms. The summed E-state index contributed by atoms with van der Waals surface area (Å²) in [6, 6.07) is 7.45. The third-order valence-electron chi connectivity index (χ3n) is 3.72. The van der Waals surface area contributed by atoms with Crippen LogP contribution in [0.1, 0.15) is 12.8 Å². The first kappa shape index (κ1) is 13.2. The highest BCUT2D eigenvalue weighted by atomic mass is 32.2. The highest BCUT2D eigenvalue weighted by Gasteiger charge is 2.36. The predicted molar refractivity (Wildman–Crippen MR) is 84.0 cm³/mol. The summed E-state index contributed by atoms with van der Waals surface area (Å²) in [5.74, 6) is 1.05. The number of thioether (sulfide) groups is 1. The molecule has 1 aromatic heterocycles. The summed E-state index contributed by atoms with van der Waals surface area (Å²) in [5.41, 5.74) is 2.28. The standard InChI is InChI=1S/C14H15N3O2S2/c18-21(19,10-5-6-10)16-12-4-2-1-3-11(12)13-9-17-7-8-20-14(17)15-13/h1-4,9-10,16H,5-8H2. The second-order valence-corrected chi connectivity index (χ2v) is 8.37. The van der Waals surface area contributed by atoms with Gasteiger partial charge in [0.05, 0.1) is 16.6 Å². The highest BCUT2D eigenvalue weighted by molar-refractivity contribution is 7.99. The topological polar surface area (TPSA) is 64.0 Å². The third kappa shape index (κ3) is 2.44. The first-order valence-corrected chi connectivity index (χ1v) is 9.48. The molecular weight excluding hydrogens is 306 g/mol. The van der Waals surface area contributed by atoms with Gasteiger partial charge in [-0.05, 0) is 18.9 Å². The highest BCUT2D eigenvalue weighted by Crippen LogP contribution is 2.35. The number of sulfonamides is 1. The fourth-order valence-corrected chi connectivity index (χ4v) is 4.80. The molecule has 0 unspecified atom stereocenters. The van der Waals surface area contributed by atoms with Crippen LogP contribution in [0.3, 0.4) is 0 Å². The van der Waals surface area contributed by atoms with Crippen molar-refractivity contribution in [3.05, 3.63) is 30.5 Å². The Morgan fingerprint density at radius 2 is 2.10 bits per heavy atom. The van der Waals surface area contributed by atoms with Gasteiger partial charge >= 0.3 is 0 Å². The summed E-state index contributed by atoms with van der Waals surface area (Å²) in [5, 5.41) is 0.776. The van der Waals surface area contributed by atoms with Gasteiger partial charge in [0.2, 0.25) is 10.0 Å². The van der Waals surface area contributed by atoms with Crippen LogP contribution in [0.4, 0.5) is 5.69 Å². The number of nitrogens with one attached hydrogen (secondary N) is 1. The molecule has 1 saturated carbocycles. The Morgan fingerprint density at radius 3 is 2.86 bits per heavy atom. The van der Waals surface area contributed by atoms with Crippen molar-refractivity contribution in [3.8, 4) is 11.3 Å². The van der Waals surface area contributed by atoms with E-state index in [1.165, 1.54) is 0 Å². The SMILES string of the molecule is O=S(=O)(Nc1ccccc1-c1cn2c(n1)SCC2)C1CC1. The zero-order chi connectivity index (χ0) is 14.4. The van der Waals surface area contributed by atoms with Crippen LogP contribution >= 0.6 is 11.8 Å². The van der Waals surface area contributed by atoms with Gasteiger partial charge in [0.15, 0.2) is 5.16 Å². The Balaban J connectivity index is 1.71. The molecule has 0 amide bonds. The Labute approximate surface area is 127 Å². The number of anilines is 1. The van der Waals surface area contributed by atoms with E-state index in [0.29, 0.717) is 5.69 Å². The largest absolute Gasteiger partial charge is 0.325 e. The quantitative estimate of drug-likeness (QED) is 0.940. The molecule has 0 spiro atoms. The average Bonchev–Trinajstić information content (AvgIpc) is 3.11. The van der Waals surface area contributed by atoms with Gasteiger partial charge in [0.25, 0.3) is 0 Å². The van der Waals surface area contributed by atoms with Gasteiger partial charge in [-0.2, -0.15) is 0 Å². The molecule has 1 fully saturated rings. The molecule has 4 rings (SSSR count). The molecule has 1 aromatic carbocycles. The van der Waals surface area contributed by atoms with E-state index in [2.05, 4.69) is 14.3 Å². The molecule has 2 aliphatic rings. The predicted octanol–water partition coefficient (Wildman–Crippen LogP) is 2.56. The zero-order valence-electron chi connectivity index (χ0n) is 11.3. The van der Waals surface area contributed by atoms with E-state index in [1.807, 2.05) is 24.4 Å². The molecular formula is C14H15N3O2S2. The van der Waals surface area contributed by atoms with E-state index in [4.69, 9.17) is 0 Å². The van der Waals surface area contributed by atoms with E-state index in [0.717, 1.165) is 41.6 Å². The maximum Gasteiger partial charge on any atom is 0.235 e. The van der Waals surface area contributed by atoms with Crippen LogP contribution in [0.25, 0.3) is 11.3 Å². The van der Waals surface area contributed by atoms with Crippen LogP contribution in [0, 0.1) is 0 Å². The number of hydrogen-bond donors (Lipinski definition) is 1. The molecule has 2 aromatic rings. The monoisotopic (exact) mass is 321 g/mol. The van der Waals surface area contributed by atoms with Crippen LogP contribution < -0.4 is 4.72 Å². The maximum atomic E-state index is 12.1. The van der Waals surface area contributed by atoms with Crippen molar-refractivity contribution in [2.24, 2.45) is 0 Å². The van der Waals surface area contributed by atoms with Crippen molar-refractivity contribution in [2.45, 2.75) is 29.8 Å². The molecule has 0 atom stereocenters. The number of rotatable bonds is 4. The minimum absolute atomic E-state index is 0.229. The van der Waals surface area contributed by atoms with E-state index in [9.17, 15) is 8.42 Å². The number of aromatic nitrogens is 2. The summed E-state index contributed by atoms with van der Waals surface area (Å²) in [7, 11) is -3.26. The maximum absolute atomic E-state index is 12.1. The second-order valence-electron chi connectivity index (χ2n) is 5.34. The van der Waals surface area contributed by atoms with Crippen molar-refractivity contribution in [3.63, 3.8) is 0 Å². The van der Waals surface area contributed by atoms with Gasteiger partial charge in [-0.25, -0.2) is 13.4 Å². The first-order valence-electron chi connectivity index (χ1n) is 6.94. The lowest BCUT2D eigenvalue weighted by molar-refractivity contribution is 0.600. The minimum Gasteiger partial charge on any atom is -0.325 e. The Kier molecular flexibility index (Phi) is 3.00. The van der Waals surface area contributed by atoms with E-state index >= 15 is 0 Å². The Morgan fingerprint density at radius 1 is 1.29 bits per heavy atom. The summed E-state index contributed by atoms with van der Waals surface area (Å²) in [4.78, 5) is 4.60. The fourth-order valence-electron chi connectivity index (χ4n) is 2.45. The van der Waals surface area contributed by atoms with E-state index in [-0.39, 0.29) is 5.25 Å². The summed E-state index contributed by atoms with van der Waals surface area (Å²) in [6.07, 6.45) is 3.51. The molecule has 0 radical (unpaired) electrons. The number of nitrogens with zero attached hydrogens (tertiary/aromatic N) is 2. The first-order chi connectivity index (χ1) is 10.1. The van der Waals surface area contributed by atoms with Crippen molar-refractivity contribution >= 4 is 27.5 Å². The smallest absolute Gasteiger partial charge is 0.235 e. The molecule has 1 aliphatic heterocycles. The molecule has 2 heterocycles. The molecule has 1 N–H and O–H groups in total. The molecule has 1 aliphatic carbocycles. The van der Waals surface area contributed by atoms with Gasteiger partial charge in [-0.1, -0.05) is 30.0 Å².